The molecule has 1 aromatic carbocycles. The molecule has 3 nitrogen and oxygen atoms in total. The number of nitrogens with zero attached hydrogens (tertiary/aromatic N) is 2. The molecule has 0 radical (unpaired) electrons. The first kappa shape index (κ1) is 19.6. The quantitative estimate of drug-likeness (QED) is 0.525. The van der Waals surface area contributed by atoms with Gasteiger partial charge in [-0.05, 0) is 55.5 Å². The van der Waals surface area contributed by atoms with E-state index in [1.165, 1.54) is 6.08 Å². The zero-order valence-corrected chi connectivity index (χ0v) is 14.5. The molecule has 0 amide bonds. The van der Waals surface area contributed by atoms with Crippen molar-refractivity contribution >= 4 is 5.69 Å². The minimum Gasteiger partial charge on any atom is -0.414 e. The molecular formula is C20H21F3N2O. The third-order valence-corrected chi connectivity index (χ3v) is 4.23. The van der Waals surface area contributed by atoms with E-state index in [1.54, 1.807) is 12.1 Å². The highest BCUT2D eigenvalue weighted by Crippen LogP contribution is 2.29. The molecule has 26 heavy (non-hydrogen) atoms. The molecule has 0 aromatic heterocycles. The lowest BCUT2D eigenvalue weighted by molar-refractivity contribution is -0.298. The summed E-state index contributed by atoms with van der Waals surface area (Å²) < 4.78 is 39.7. The monoisotopic (exact) mass is 362 g/mol. The van der Waals surface area contributed by atoms with E-state index in [0.29, 0.717) is 11.8 Å². The van der Waals surface area contributed by atoms with Gasteiger partial charge in [0.2, 0.25) is 0 Å². The molecule has 138 valence electrons. The summed E-state index contributed by atoms with van der Waals surface area (Å²) in [5.74, 6) is 0.275. The van der Waals surface area contributed by atoms with Crippen molar-refractivity contribution in [3.8, 4) is 6.07 Å². The summed E-state index contributed by atoms with van der Waals surface area (Å²) in [4.78, 5) is 2.23. The van der Waals surface area contributed by atoms with Crippen LogP contribution in [0, 0.1) is 17.2 Å². The fourth-order valence-corrected chi connectivity index (χ4v) is 3.03. The van der Waals surface area contributed by atoms with Crippen LogP contribution in [0.15, 0.2) is 60.4 Å². The molecule has 1 heterocycles. The molecule has 1 aliphatic heterocycles. The molecule has 0 aliphatic carbocycles. The van der Waals surface area contributed by atoms with Crippen molar-refractivity contribution in [3.05, 3.63) is 66.0 Å². The number of hydrogen-bond acceptors (Lipinski definition) is 3. The highest BCUT2D eigenvalue weighted by atomic mass is 19.4. The number of alkyl halides is 3. The molecule has 6 heteroatoms. The fourth-order valence-electron chi connectivity index (χ4n) is 3.03. The van der Waals surface area contributed by atoms with E-state index < -0.39 is 6.36 Å². The maximum atomic E-state index is 12.0. The molecular weight excluding hydrogens is 341 g/mol. The second-order valence-corrected chi connectivity index (χ2v) is 5.98. The van der Waals surface area contributed by atoms with Gasteiger partial charge < -0.3 is 9.64 Å². The van der Waals surface area contributed by atoms with Gasteiger partial charge in [0.15, 0.2) is 0 Å². The van der Waals surface area contributed by atoms with Crippen molar-refractivity contribution in [2.24, 2.45) is 5.92 Å². The Kier molecular flexibility index (Phi) is 6.90. The molecule has 2 rings (SSSR count). The van der Waals surface area contributed by atoms with Gasteiger partial charge in [-0.3, -0.25) is 0 Å². The van der Waals surface area contributed by atoms with Gasteiger partial charge in [0.1, 0.15) is 0 Å². The number of rotatable bonds is 5. The number of ether oxygens (including phenoxy) is 1. The first-order valence-corrected chi connectivity index (χ1v) is 8.42. The van der Waals surface area contributed by atoms with Gasteiger partial charge in [-0.15, -0.1) is 13.2 Å². The molecule has 0 saturated carbocycles. The third-order valence-electron chi connectivity index (χ3n) is 4.23. The summed E-state index contributed by atoms with van der Waals surface area (Å²) >= 11 is 0. The largest absolute Gasteiger partial charge is 0.572 e. The number of piperidine rings is 1. The van der Waals surface area contributed by atoms with Crippen molar-refractivity contribution in [1.82, 2.24) is 0 Å². The zero-order chi connectivity index (χ0) is 19.0. The molecule has 0 N–H and O–H groups in total. The van der Waals surface area contributed by atoms with Gasteiger partial charge >= 0.3 is 6.36 Å². The second-order valence-electron chi connectivity index (χ2n) is 5.98. The first-order chi connectivity index (χ1) is 12.4. The van der Waals surface area contributed by atoms with E-state index >= 15 is 0 Å². The molecule has 0 unspecified atom stereocenters. The predicted octanol–water partition coefficient (Wildman–Crippen LogP) is 5.33. The SMILES string of the molecule is C\C=C/C(=C\C=C\OC(F)(F)F)C1CCN(c2cccc(C#N)c2)CC1. The van der Waals surface area contributed by atoms with E-state index in [4.69, 9.17) is 5.26 Å². The smallest absolute Gasteiger partial charge is 0.414 e. The van der Waals surface area contributed by atoms with Gasteiger partial charge in [-0.1, -0.05) is 24.3 Å². The Bertz CT molecular complexity index is 721. The summed E-state index contributed by atoms with van der Waals surface area (Å²) in [5.41, 5.74) is 2.64. The number of allylic oxidation sites excluding steroid dienone is 5. The van der Waals surface area contributed by atoms with Crippen LogP contribution >= 0.6 is 0 Å². The summed E-state index contributed by atoms with van der Waals surface area (Å²) in [7, 11) is 0. The van der Waals surface area contributed by atoms with E-state index in [-0.39, 0.29) is 5.92 Å². The van der Waals surface area contributed by atoms with E-state index in [0.717, 1.165) is 37.2 Å². The van der Waals surface area contributed by atoms with Crippen molar-refractivity contribution < 1.29 is 17.9 Å². The number of benzene rings is 1. The van der Waals surface area contributed by atoms with Crippen LogP contribution in [0.25, 0.3) is 0 Å². The number of halogens is 3. The highest BCUT2D eigenvalue weighted by molar-refractivity contribution is 5.52. The minimum absolute atomic E-state index is 0.275. The molecule has 0 spiro atoms. The van der Waals surface area contributed by atoms with E-state index in [2.05, 4.69) is 15.7 Å². The van der Waals surface area contributed by atoms with E-state index in [1.807, 2.05) is 37.3 Å². The van der Waals surface area contributed by atoms with Gasteiger partial charge in [0.05, 0.1) is 17.9 Å². The van der Waals surface area contributed by atoms with Crippen LogP contribution in [0.3, 0.4) is 0 Å². The Labute approximate surface area is 151 Å². The Morgan fingerprint density at radius 2 is 2.04 bits per heavy atom. The van der Waals surface area contributed by atoms with Crippen molar-refractivity contribution in [1.29, 1.82) is 5.26 Å². The summed E-state index contributed by atoms with van der Waals surface area (Å²) in [6, 6.07) is 9.66. The van der Waals surface area contributed by atoms with E-state index in [9.17, 15) is 13.2 Å². The third kappa shape index (κ3) is 5.99. The number of anilines is 1. The Balaban J connectivity index is 2.00. The maximum Gasteiger partial charge on any atom is 0.572 e. The van der Waals surface area contributed by atoms with Crippen LogP contribution in [-0.2, 0) is 4.74 Å². The summed E-state index contributed by atoms with van der Waals surface area (Å²) in [6.07, 6.45) is 4.54. The Morgan fingerprint density at radius 3 is 2.65 bits per heavy atom. The van der Waals surface area contributed by atoms with Crippen molar-refractivity contribution in [2.45, 2.75) is 26.1 Å². The van der Waals surface area contributed by atoms with Crippen LogP contribution in [0.5, 0.6) is 0 Å². The Morgan fingerprint density at radius 1 is 1.31 bits per heavy atom. The fraction of sp³-hybridized carbons (Fsp3) is 0.350. The van der Waals surface area contributed by atoms with Crippen LogP contribution < -0.4 is 4.90 Å². The van der Waals surface area contributed by atoms with Crippen LogP contribution in [0.2, 0.25) is 0 Å². The molecule has 0 bridgehead atoms. The molecule has 1 saturated heterocycles. The maximum absolute atomic E-state index is 12.0. The first-order valence-electron chi connectivity index (χ1n) is 8.42. The average Bonchev–Trinajstić information content (AvgIpc) is 2.63. The normalized spacial score (nSPS) is 17.0. The number of hydrogen-bond donors (Lipinski definition) is 0. The van der Waals surface area contributed by atoms with Crippen molar-refractivity contribution in [2.75, 3.05) is 18.0 Å². The lowest BCUT2D eigenvalue weighted by Crippen LogP contribution is -2.34. The summed E-state index contributed by atoms with van der Waals surface area (Å²) in [6.45, 7) is 3.54. The van der Waals surface area contributed by atoms with Crippen LogP contribution in [0.1, 0.15) is 25.3 Å². The average molecular weight is 362 g/mol. The minimum atomic E-state index is -4.66. The topological polar surface area (TPSA) is 36.3 Å². The summed E-state index contributed by atoms with van der Waals surface area (Å²) in [5, 5.41) is 9.02. The lowest BCUT2D eigenvalue weighted by atomic mass is 9.88. The van der Waals surface area contributed by atoms with Gasteiger partial charge in [-0.2, -0.15) is 5.26 Å². The van der Waals surface area contributed by atoms with Crippen LogP contribution in [-0.4, -0.2) is 19.5 Å². The molecule has 1 aliphatic rings. The van der Waals surface area contributed by atoms with Crippen LogP contribution in [0.4, 0.5) is 18.9 Å². The Hall–Kier alpha value is -2.68. The van der Waals surface area contributed by atoms with Crippen molar-refractivity contribution in [3.63, 3.8) is 0 Å². The molecule has 1 aromatic rings. The second kappa shape index (κ2) is 9.14. The van der Waals surface area contributed by atoms with Gasteiger partial charge in [0, 0.05) is 18.8 Å². The lowest BCUT2D eigenvalue weighted by Gasteiger charge is -2.34. The number of nitriles is 1. The molecule has 1 fully saturated rings. The van der Waals surface area contributed by atoms with Gasteiger partial charge in [0.25, 0.3) is 0 Å². The van der Waals surface area contributed by atoms with Gasteiger partial charge in [-0.25, -0.2) is 0 Å². The highest BCUT2D eigenvalue weighted by Gasteiger charge is 2.28. The zero-order valence-electron chi connectivity index (χ0n) is 14.5. The predicted molar refractivity (Wildman–Crippen MR) is 95.3 cm³/mol. The molecule has 0 atom stereocenters. The standard InChI is InChI=1S/C20H21F3N2O/c1-2-5-17(7-4-13-26-20(21,22)23)18-9-11-25(12-10-18)19-8-3-6-16(14-19)15-24/h2-8,13-14,18H,9-12H2,1H3/b5-2-,13-4+,17-7+.